The fraction of sp³-hybridized carbons (Fsp3) is 0.286. The lowest BCUT2D eigenvalue weighted by molar-refractivity contribution is 0.174. The monoisotopic (exact) mass is 555 g/mol. The van der Waals surface area contributed by atoms with Crippen LogP contribution in [0.3, 0.4) is 0 Å². The Bertz CT molecular complexity index is 1030. The SMILES string of the molecule is CCNC(=NCc1nc(-c2ccc(Cl)cc2)no1)NCCc1ccc2c(c1)OCO2.I. The van der Waals surface area contributed by atoms with Crippen molar-refractivity contribution in [2.24, 2.45) is 4.99 Å². The third kappa shape index (κ3) is 6.23. The Morgan fingerprint density at radius 3 is 2.71 bits per heavy atom. The van der Waals surface area contributed by atoms with Crippen LogP contribution in [-0.4, -0.2) is 36.0 Å². The summed E-state index contributed by atoms with van der Waals surface area (Å²) in [5, 5.41) is 11.2. The Kier molecular flexibility index (Phi) is 8.35. The van der Waals surface area contributed by atoms with Crippen LogP contribution in [0.5, 0.6) is 11.5 Å². The Morgan fingerprint density at radius 2 is 1.90 bits per heavy atom. The Labute approximate surface area is 202 Å². The second-order valence-corrected chi connectivity index (χ2v) is 7.01. The molecule has 164 valence electrons. The quantitative estimate of drug-likeness (QED) is 0.258. The number of fused-ring (bicyclic) bond motifs is 1. The van der Waals surface area contributed by atoms with E-state index in [1.54, 1.807) is 12.1 Å². The van der Waals surface area contributed by atoms with E-state index in [0.29, 0.717) is 29.2 Å². The first-order valence-electron chi connectivity index (χ1n) is 9.70. The van der Waals surface area contributed by atoms with Crippen molar-refractivity contribution in [3.05, 3.63) is 58.9 Å². The van der Waals surface area contributed by atoms with Gasteiger partial charge < -0.3 is 24.6 Å². The lowest BCUT2D eigenvalue weighted by Gasteiger charge is -2.11. The fourth-order valence-electron chi connectivity index (χ4n) is 2.95. The van der Waals surface area contributed by atoms with Crippen molar-refractivity contribution in [3.63, 3.8) is 0 Å². The molecule has 8 nitrogen and oxygen atoms in total. The maximum absolute atomic E-state index is 5.92. The van der Waals surface area contributed by atoms with Crippen LogP contribution in [0.4, 0.5) is 0 Å². The summed E-state index contributed by atoms with van der Waals surface area (Å²) in [5.74, 6) is 3.22. The molecule has 31 heavy (non-hydrogen) atoms. The van der Waals surface area contributed by atoms with Crippen molar-refractivity contribution in [1.82, 2.24) is 20.8 Å². The largest absolute Gasteiger partial charge is 0.454 e. The summed E-state index contributed by atoms with van der Waals surface area (Å²) < 4.78 is 16.1. The van der Waals surface area contributed by atoms with Crippen molar-refractivity contribution >= 4 is 41.5 Å². The molecule has 0 amide bonds. The topological polar surface area (TPSA) is 93.8 Å². The number of rotatable bonds is 7. The van der Waals surface area contributed by atoms with Crippen LogP contribution in [0.2, 0.25) is 5.02 Å². The molecule has 0 radical (unpaired) electrons. The van der Waals surface area contributed by atoms with Crippen molar-refractivity contribution in [2.75, 3.05) is 19.9 Å². The molecule has 0 saturated carbocycles. The third-order valence-corrected chi connectivity index (χ3v) is 4.68. The van der Waals surface area contributed by atoms with Gasteiger partial charge in [0.25, 0.3) is 0 Å². The summed E-state index contributed by atoms with van der Waals surface area (Å²) in [6.45, 7) is 4.03. The number of ether oxygens (including phenoxy) is 2. The van der Waals surface area contributed by atoms with Gasteiger partial charge >= 0.3 is 0 Å². The van der Waals surface area contributed by atoms with E-state index in [1.165, 1.54) is 0 Å². The second-order valence-electron chi connectivity index (χ2n) is 6.58. The average Bonchev–Trinajstić information content (AvgIpc) is 3.42. The minimum Gasteiger partial charge on any atom is -0.454 e. The number of hydrogen-bond donors (Lipinski definition) is 2. The number of nitrogens with one attached hydrogen (secondary N) is 2. The molecular weight excluding hydrogens is 533 g/mol. The average molecular weight is 556 g/mol. The van der Waals surface area contributed by atoms with Crippen molar-refractivity contribution in [1.29, 1.82) is 0 Å². The highest BCUT2D eigenvalue weighted by atomic mass is 127. The number of nitrogens with zero attached hydrogens (tertiary/aromatic N) is 3. The molecule has 0 fully saturated rings. The van der Waals surface area contributed by atoms with E-state index in [4.69, 9.17) is 25.6 Å². The molecule has 10 heteroatoms. The molecule has 3 aromatic rings. The van der Waals surface area contributed by atoms with Gasteiger partial charge in [-0.2, -0.15) is 4.98 Å². The van der Waals surface area contributed by atoms with E-state index in [-0.39, 0.29) is 37.3 Å². The molecule has 2 aromatic carbocycles. The number of hydrogen-bond acceptors (Lipinski definition) is 6. The van der Waals surface area contributed by atoms with Crippen LogP contribution in [0, 0.1) is 0 Å². The zero-order chi connectivity index (χ0) is 20.8. The molecular formula is C21H23ClIN5O3. The lowest BCUT2D eigenvalue weighted by Crippen LogP contribution is -2.38. The van der Waals surface area contributed by atoms with Gasteiger partial charge in [0.2, 0.25) is 18.5 Å². The molecule has 2 N–H and O–H groups in total. The molecule has 1 aromatic heterocycles. The maximum atomic E-state index is 5.92. The summed E-state index contributed by atoms with van der Waals surface area (Å²) in [6, 6.07) is 13.3. The van der Waals surface area contributed by atoms with E-state index >= 15 is 0 Å². The maximum Gasteiger partial charge on any atom is 0.248 e. The van der Waals surface area contributed by atoms with Gasteiger partial charge in [-0.05, 0) is 55.3 Å². The predicted molar refractivity (Wildman–Crippen MR) is 129 cm³/mol. The first-order valence-corrected chi connectivity index (χ1v) is 10.1. The Balaban J connectivity index is 0.00000272. The van der Waals surface area contributed by atoms with Gasteiger partial charge in [0, 0.05) is 23.7 Å². The molecule has 0 aliphatic carbocycles. The molecule has 4 rings (SSSR count). The molecule has 0 bridgehead atoms. The van der Waals surface area contributed by atoms with Crippen LogP contribution in [0.15, 0.2) is 52.0 Å². The van der Waals surface area contributed by atoms with Crippen LogP contribution in [0.1, 0.15) is 18.4 Å². The van der Waals surface area contributed by atoms with E-state index < -0.39 is 0 Å². The zero-order valence-corrected chi connectivity index (χ0v) is 20.0. The predicted octanol–water partition coefficient (Wildman–Crippen LogP) is 4.03. The standard InChI is InChI=1S/C21H22ClN5O3.HI/c1-2-23-21(24-10-9-14-3-8-17-18(11-14)29-13-28-17)25-12-19-26-20(27-30-19)15-4-6-16(22)7-5-15;/h3-8,11H,2,9-10,12-13H2,1H3,(H2,23,24,25);1H. The van der Waals surface area contributed by atoms with Gasteiger partial charge in [-0.15, -0.1) is 24.0 Å². The number of benzene rings is 2. The van der Waals surface area contributed by atoms with Crippen LogP contribution >= 0.6 is 35.6 Å². The van der Waals surface area contributed by atoms with Gasteiger partial charge in [0.05, 0.1) is 0 Å². The summed E-state index contributed by atoms with van der Waals surface area (Å²) in [7, 11) is 0. The summed E-state index contributed by atoms with van der Waals surface area (Å²) in [6.07, 6.45) is 0.822. The normalized spacial score (nSPS) is 12.4. The molecule has 0 saturated heterocycles. The first kappa shape index (κ1) is 23.1. The zero-order valence-electron chi connectivity index (χ0n) is 16.9. The van der Waals surface area contributed by atoms with E-state index in [0.717, 1.165) is 35.6 Å². The highest BCUT2D eigenvalue weighted by Gasteiger charge is 2.13. The molecule has 0 spiro atoms. The number of halogens is 2. The van der Waals surface area contributed by atoms with E-state index in [1.807, 2.05) is 37.3 Å². The van der Waals surface area contributed by atoms with Crippen LogP contribution < -0.4 is 20.1 Å². The third-order valence-electron chi connectivity index (χ3n) is 4.43. The summed E-state index contributed by atoms with van der Waals surface area (Å²) in [5.41, 5.74) is 2.00. The van der Waals surface area contributed by atoms with Crippen LogP contribution in [-0.2, 0) is 13.0 Å². The van der Waals surface area contributed by atoms with Crippen molar-refractivity contribution in [2.45, 2.75) is 19.9 Å². The number of aliphatic imine (C=N–C) groups is 1. The summed E-state index contributed by atoms with van der Waals surface area (Å²) >= 11 is 5.92. The van der Waals surface area contributed by atoms with Gasteiger partial charge in [0.15, 0.2) is 17.5 Å². The Hall–Kier alpha value is -2.53. The molecule has 0 atom stereocenters. The smallest absolute Gasteiger partial charge is 0.248 e. The molecule has 2 heterocycles. The van der Waals surface area contributed by atoms with Crippen molar-refractivity contribution < 1.29 is 14.0 Å². The highest BCUT2D eigenvalue weighted by molar-refractivity contribution is 14.0. The van der Waals surface area contributed by atoms with Gasteiger partial charge in [0.1, 0.15) is 6.54 Å². The first-order chi connectivity index (χ1) is 14.7. The van der Waals surface area contributed by atoms with Crippen LogP contribution in [0.25, 0.3) is 11.4 Å². The van der Waals surface area contributed by atoms with Gasteiger partial charge in [-0.3, -0.25) is 0 Å². The van der Waals surface area contributed by atoms with E-state index in [9.17, 15) is 0 Å². The Morgan fingerprint density at radius 1 is 1.10 bits per heavy atom. The lowest BCUT2D eigenvalue weighted by atomic mass is 10.1. The molecule has 1 aliphatic heterocycles. The number of guanidine groups is 1. The summed E-state index contributed by atoms with van der Waals surface area (Å²) in [4.78, 5) is 8.92. The minimum atomic E-state index is 0. The van der Waals surface area contributed by atoms with Gasteiger partial charge in [-0.1, -0.05) is 22.8 Å². The highest BCUT2D eigenvalue weighted by Crippen LogP contribution is 2.32. The second kappa shape index (κ2) is 11.2. The van der Waals surface area contributed by atoms with E-state index in [2.05, 4.69) is 25.8 Å². The fourth-order valence-corrected chi connectivity index (χ4v) is 3.07. The van der Waals surface area contributed by atoms with Crippen molar-refractivity contribution in [3.8, 4) is 22.9 Å². The molecule has 0 unspecified atom stereocenters. The molecule has 1 aliphatic rings. The van der Waals surface area contributed by atoms with Gasteiger partial charge in [-0.25, -0.2) is 4.99 Å². The number of aromatic nitrogens is 2. The minimum absolute atomic E-state index is 0.